The molecule has 0 aromatic carbocycles. The number of carbonyl (C=O) groups excluding carboxylic acids is 10. The fourth-order valence-electron chi connectivity index (χ4n) is 26.6. The first-order valence-corrected chi connectivity index (χ1v) is 46.9. The van der Waals surface area contributed by atoms with E-state index in [4.69, 9.17) is 56.8 Å². The van der Waals surface area contributed by atoms with Gasteiger partial charge < -0.3 is 56.8 Å². The molecule has 7 heterocycles. The lowest BCUT2D eigenvalue weighted by molar-refractivity contribution is -0.202. The van der Waals surface area contributed by atoms with E-state index in [9.17, 15) is 47.9 Å². The third-order valence-corrected chi connectivity index (χ3v) is 35.1. The van der Waals surface area contributed by atoms with Gasteiger partial charge in [0.25, 0.3) is 0 Å². The lowest BCUT2D eigenvalue weighted by Gasteiger charge is -2.61. The van der Waals surface area contributed by atoms with Crippen LogP contribution in [0.1, 0.15) is 395 Å². The third kappa shape index (κ3) is 22.3. The summed E-state index contributed by atoms with van der Waals surface area (Å²) in [6.45, 7) is 39.4. The maximum absolute atomic E-state index is 12.7. The van der Waals surface area contributed by atoms with Crippen molar-refractivity contribution in [1.82, 2.24) is 0 Å². The van der Waals surface area contributed by atoms with Crippen LogP contribution in [0.2, 0.25) is 0 Å². The Kier molecular flexibility index (Phi) is 42.6. The number of esters is 9. The number of fused-ring (bicyclic) bond motifs is 12. The van der Waals surface area contributed by atoms with Crippen molar-refractivity contribution in [3.05, 3.63) is 0 Å². The van der Waals surface area contributed by atoms with Gasteiger partial charge in [0, 0.05) is 29.1 Å². The Balaban J connectivity index is 0.000000519. The predicted molar refractivity (Wildman–Crippen MR) is 515 cm³/mol. The maximum atomic E-state index is 12.7. The summed E-state index contributed by atoms with van der Waals surface area (Å²) in [5.74, 6) is 8.86. The minimum atomic E-state index is -0.560. The molecule has 0 amide bonds. The van der Waals surface area contributed by atoms with E-state index in [2.05, 4.69) is 34.6 Å². The Hall–Kier alpha value is -5.22. The Labute approximate surface area is 791 Å². The van der Waals surface area contributed by atoms with Crippen LogP contribution in [0, 0.1) is 151 Å². The van der Waals surface area contributed by atoms with E-state index in [-0.39, 0.29) is 261 Å². The molecule has 25 atom stereocenters. The van der Waals surface area contributed by atoms with E-state index >= 15 is 0 Å². The minimum absolute atomic E-state index is 0. The molecule has 21 rings (SSSR count). The average Bonchev–Trinajstić information content (AvgIpc) is 1.54. The second-order valence-corrected chi connectivity index (χ2v) is 43.9. The number of Topliss-reactive ketones (excluding diaryl/α,β-unsaturated/α-hetero) is 1. The molecule has 0 N–H and O–H groups in total. The smallest absolute Gasteiger partial charge is 0.313 e. The van der Waals surface area contributed by atoms with Crippen molar-refractivity contribution in [2.75, 3.05) is 6.79 Å². The first kappa shape index (κ1) is 121. The third-order valence-electron chi connectivity index (χ3n) is 35.1. The van der Waals surface area contributed by atoms with Gasteiger partial charge in [-0.2, -0.15) is 0 Å². The van der Waals surface area contributed by atoms with Crippen LogP contribution < -0.4 is 0 Å². The van der Waals surface area contributed by atoms with Crippen molar-refractivity contribution in [2.45, 2.75) is 473 Å². The molecule has 22 nitrogen and oxygen atoms in total. The van der Waals surface area contributed by atoms with Crippen LogP contribution in [0.5, 0.6) is 0 Å². The summed E-state index contributed by atoms with van der Waals surface area (Å²) < 4.78 is 67.5. The average molecular weight is 1840 g/mol. The lowest BCUT2D eigenvalue weighted by atomic mass is 9.46. The number of hydrogen-bond acceptors (Lipinski definition) is 22. The molecule has 0 aromatic heterocycles. The number of hydrogen-bond donors (Lipinski definition) is 0. The highest BCUT2D eigenvalue weighted by Gasteiger charge is 2.72. The Morgan fingerprint density at radius 3 is 1.27 bits per heavy atom. The van der Waals surface area contributed by atoms with Crippen molar-refractivity contribution >= 4 is 59.5 Å². The van der Waals surface area contributed by atoms with Crippen molar-refractivity contribution in [2.24, 2.45) is 151 Å². The zero-order valence-corrected chi connectivity index (χ0v) is 75.0. The molecule has 21 fully saturated rings. The molecule has 758 valence electrons. The molecule has 18 bridgehead atoms. The quantitative estimate of drug-likeness (QED) is 0.0397. The van der Waals surface area contributed by atoms with Crippen LogP contribution in [0.15, 0.2) is 0 Å². The summed E-state index contributed by atoms with van der Waals surface area (Å²) in [5, 5.41) is 0. The molecule has 0 aromatic rings. The summed E-state index contributed by atoms with van der Waals surface area (Å²) in [6, 6.07) is 0. The van der Waals surface area contributed by atoms with Gasteiger partial charge in [0.2, 0.25) is 0 Å². The fourth-order valence-corrected chi connectivity index (χ4v) is 26.6. The monoisotopic (exact) mass is 1840 g/mol. The van der Waals surface area contributed by atoms with E-state index < -0.39 is 40.7 Å². The van der Waals surface area contributed by atoms with E-state index in [1.807, 2.05) is 96.9 Å². The van der Waals surface area contributed by atoms with Crippen molar-refractivity contribution < 1.29 is 105 Å². The summed E-state index contributed by atoms with van der Waals surface area (Å²) in [6.07, 6.45) is 26.8. The Morgan fingerprint density at radius 2 is 0.823 bits per heavy atom. The van der Waals surface area contributed by atoms with Gasteiger partial charge in [-0.25, -0.2) is 0 Å². The largest absolute Gasteiger partial charge is 0.459 e. The zero-order chi connectivity index (χ0) is 85.3. The standard InChI is InChI=1S/C20H32O2.C18H30O2.C17H28O3.C16H22O5.C13H18O5.C12H16O5.12CH4/c1-5-19(3,4)18(21)22-20(6-2)11-14-10-15(20)17-13-8-7-12(9-13)16(14)17;1-5-12(2)16(19)20-17(3,4)18-9-13-6-14(10-18)8-15(7-13)11-18;1-4-17(2,3)16(18)20-10-19-15-13-6-11-5-12(8-13)9-14(15)7-11;1-5-16(3,4)15(19)21-13-8-6-9-11(10(8)7(2)17)14(18)20-12(9)13;1-4-13(2,3)12(15)18-9-7-5-6-8(16-7)10(9)17-11(6)14;1-3-5(2)11(13)16-9-7-4-6-8(15-7)10(9)17-12(6)14;;;;;;;;;;;;/h12-17H,5-11H2,1-4H3;12-15H,5-11H2,1-4H3;11-15H,4-10H2,1-3H3;8-13H,5-6H2,1-4H3;6-10H,4-5H2,1-3H3;5-10H,3-4H2,1-2H3;12*1H4. The summed E-state index contributed by atoms with van der Waals surface area (Å²) in [7, 11) is 0. The van der Waals surface area contributed by atoms with Gasteiger partial charge in [-0.1, -0.05) is 151 Å². The Bertz CT molecular complexity index is 3700. The van der Waals surface area contributed by atoms with E-state index in [0.29, 0.717) is 37.7 Å². The molecule has 25 unspecified atom stereocenters. The molecule has 21 aliphatic rings. The molecule has 130 heavy (non-hydrogen) atoms. The van der Waals surface area contributed by atoms with Crippen LogP contribution in [0.25, 0.3) is 0 Å². The summed E-state index contributed by atoms with van der Waals surface area (Å²) in [4.78, 5) is 120. The molecule has 22 heteroatoms. The molecule has 14 aliphatic carbocycles. The van der Waals surface area contributed by atoms with Gasteiger partial charge in [0.1, 0.15) is 41.4 Å². The fraction of sp³-hybridized carbons (Fsp3) is 0.907. The molecule has 0 radical (unpaired) electrons. The van der Waals surface area contributed by atoms with Crippen LogP contribution in [0.3, 0.4) is 0 Å². The van der Waals surface area contributed by atoms with E-state index in [1.165, 1.54) is 103 Å². The van der Waals surface area contributed by atoms with Crippen LogP contribution in [0.4, 0.5) is 0 Å². The van der Waals surface area contributed by atoms with Crippen molar-refractivity contribution in [3.8, 4) is 0 Å². The zero-order valence-electron chi connectivity index (χ0n) is 75.0. The number of carbonyl (C=O) groups is 10. The topological polar surface area (TPSA) is 281 Å². The first-order chi connectivity index (χ1) is 55.6. The van der Waals surface area contributed by atoms with Gasteiger partial charge in [-0.15, -0.1) is 0 Å². The summed E-state index contributed by atoms with van der Waals surface area (Å²) >= 11 is 0. The van der Waals surface area contributed by atoms with Gasteiger partial charge in [-0.3, -0.25) is 47.9 Å². The van der Waals surface area contributed by atoms with Crippen LogP contribution in [-0.4, -0.2) is 145 Å². The van der Waals surface area contributed by atoms with E-state index in [1.54, 1.807) is 0 Å². The molecular formula is C108H194O22. The highest BCUT2D eigenvalue weighted by Crippen LogP contribution is 2.72. The minimum Gasteiger partial charge on any atom is -0.459 e. The molecule has 7 aliphatic heterocycles. The molecule has 0 spiro atoms. The van der Waals surface area contributed by atoms with Crippen molar-refractivity contribution in [3.63, 3.8) is 0 Å². The lowest BCUT2D eigenvalue weighted by Crippen LogP contribution is -2.57. The molecule has 7 saturated heterocycles. The van der Waals surface area contributed by atoms with E-state index in [0.717, 1.165) is 116 Å². The Morgan fingerprint density at radius 1 is 0.408 bits per heavy atom. The second-order valence-electron chi connectivity index (χ2n) is 43.9. The number of rotatable bonds is 23. The van der Waals surface area contributed by atoms with Crippen molar-refractivity contribution in [1.29, 1.82) is 0 Å². The number of ketones is 1. The molecular weight excluding hydrogens is 1650 g/mol. The highest BCUT2D eigenvalue weighted by molar-refractivity contribution is 5.89. The van der Waals surface area contributed by atoms with Gasteiger partial charge in [0.15, 0.2) is 31.2 Å². The maximum Gasteiger partial charge on any atom is 0.313 e. The number of ether oxygens (including phenoxy) is 12. The van der Waals surface area contributed by atoms with Crippen LogP contribution in [-0.2, 0) is 105 Å². The first-order valence-electron chi connectivity index (χ1n) is 46.9. The predicted octanol–water partition coefficient (Wildman–Crippen LogP) is 24.2. The highest BCUT2D eigenvalue weighted by atomic mass is 16.7. The molecule has 14 saturated carbocycles. The summed E-state index contributed by atoms with van der Waals surface area (Å²) in [5.41, 5.74) is -1.95. The SMILES string of the molecule is C.C.C.C.C.C.C.C.C.C.C.C.CCC(C)(C)C(=O)OC1(CC)CC2CC1C1C3CCC(C3)C21.CCC(C)(C)C(=O)OC1C2CC3C(=O)OC1C3O2.CCC(C)(C)C(=O)OC1C2CC3C1OC(=O)C3C2C(C)=O.CCC(C)(C)C(=O)OCOC1C2CC3CC(C2)CC1C3.CCC(C)C(=O)OC(C)(C)C12CC3CC(CC(C3)C1)C2.CCC(C)C(=O)OC1C2CC3C(=O)OC1C3O2. The normalized spacial score (nSPS) is 38.4. The van der Waals surface area contributed by atoms with Crippen LogP contribution >= 0.6 is 0 Å². The van der Waals surface area contributed by atoms with Gasteiger partial charge >= 0.3 is 53.7 Å². The van der Waals surface area contributed by atoms with Gasteiger partial charge in [0.05, 0.1) is 69.6 Å². The second kappa shape index (κ2) is 45.8. The van der Waals surface area contributed by atoms with Gasteiger partial charge in [-0.05, 0) is 314 Å².